The van der Waals surface area contributed by atoms with E-state index in [9.17, 15) is 9.59 Å². The zero-order valence-corrected chi connectivity index (χ0v) is 12.8. The second-order valence-corrected chi connectivity index (χ2v) is 6.09. The minimum absolute atomic E-state index is 0.411. The largest absolute Gasteiger partial charge is 0.480 e. The van der Waals surface area contributed by atoms with Gasteiger partial charge in [0.25, 0.3) is 0 Å². The van der Waals surface area contributed by atoms with E-state index in [1.165, 1.54) is 11.1 Å². The number of hydrogen-bond acceptors (Lipinski definition) is 3. The zero-order chi connectivity index (χ0) is 15.2. The van der Waals surface area contributed by atoms with Crippen LogP contribution in [0.1, 0.15) is 24.0 Å². The lowest BCUT2D eigenvalue weighted by molar-refractivity contribution is -0.139. The Labute approximate surface area is 128 Å². The molecule has 0 bridgehead atoms. The highest BCUT2D eigenvalue weighted by Gasteiger charge is 2.19. The van der Waals surface area contributed by atoms with Gasteiger partial charge in [-0.25, -0.2) is 9.59 Å². The van der Waals surface area contributed by atoms with Crippen molar-refractivity contribution in [3.8, 4) is 0 Å². The molecule has 114 valence electrons. The van der Waals surface area contributed by atoms with Crippen molar-refractivity contribution >= 4 is 29.4 Å². The molecular formula is C15H20N2O3S. The van der Waals surface area contributed by atoms with E-state index in [1.807, 2.05) is 24.5 Å². The van der Waals surface area contributed by atoms with Gasteiger partial charge in [-0.05, 0) is 61.0 Å². The number of aryl methyl sites for hydroxylation is 2. The molecule has 1 aliphatic carbocycles. The van der Waals surface area contributed by atoms with Crippen LogP contribution in [-0.2, 0) is 17.6 Å². The van der Waals surface area contributed by atoms with Gasteiger partial charge in [0.1, 0.15) is 6.04 Å². The van der Waals surface area contributed by atoms with Crippen molar-refractivity contribution in [1.82, 2.24) is 5.32 Å². The number of anilines is 1. The first-order valence-corrected chi connectivity index (χ1v) is 8.40. The summed E-state index contributed by atoms with van der Waals surface area (Å²) in [6.45, 7) is 0. The van der Waals surface area contributed by atoms with Gasteiger partial charge in [-0.2, -0.15) is 11.8 Å². The smallest absolute Gasteiger partial charge is 0.326 e. The van der Waals surface area contributed by atoms with Crippen molar-refractivity contribution in [2.45, 2.75) is 31.7 Å². The fraction of sp³-hybridized carbons (Fsp3) is 0.467. The van der Waals surface area contributed by atoms with Crippen molar-refractivity contribution in [3.63, 3.8) is 0 Å². The molecule has 0 saturated carbocycles. The van der Waals surface area contributed by atoms with E-state index in [4.69, 9.17) is 5.11 Å². The molecule has 5 nitrogen and oxygen atoms in total. The monoisotopic (exact) mass is 308 g/mol. The number of carbonyl (C=O) groups excluding carboxylic acids is 1. The summed E-state index contributed by atoms with van der Waals surface area (Å²) in [6.07, 6.45) is 5.61. The average molecular weight is 308 g/mol. The molecule has 1 aromatic carbocycles. The second-order valence-electron chi connectivity index (χ2n) is 5.11. The number of aliphatic carboxylic acids is 1. The van der Waals surface area contributed by atoms with Crippen molar-refractivity contribution in [3.05, 3.63) is 29.3 Å². The normalized spacial score (nSPS) is 14.3. The highest BCUT2D eigenvalue weighted by molar-refractivity contribution is 7.98. The van der Waals surface area contributed by atoms with Gasteiger partial charge < -0.3 is 15.7 Å². The molecule has 0 heterocycles. The van der Waals surface area contributed by atoms with E-state index in [0.29, 0.717) is 17.9 Å². The van der Waals surface area contributed by atoms with E-state index in [-0.39, 0.29) is 0 Å². The molecule has 2 amide bonds. The van der Waals surface area contributed by atoms with E-state index >= 15 is 0 Å². The third-order valence-electron chi connectivity index (χ3n) is 3.57. The molecule has 3 N–H and O–H groups in total. The third kappa shape index (κ3) is 4.39. The van der Waals surface area contributed by atoms with Crippen LogP contribution in [-0.4, -0.2) is 35.2 Å². The third-order valence-corrected chi connectivity index (χ3v) is 4.21. The minimum Gasteiger partial charge on any atom is -0.480 e. The van der Waals surface area contributed by atoms with Gasteiger partial charge in [-0.15, -0.1) is 0 Å². The number of carboxylic acid groups (broad SMARTS) is 1. The van der Waals surface area contributed by atoms with E-state index < -0.39 is 18.0 Å². The second kappa shape index (κ2) is 7.36. The number of thioether (sulfide) groups is 1. The highest BCUT2D eigenvalue weighted by Crippen LogP contribution is 2.24. The van der Waals surface area contributed by atoms with Crippen LogP contribution in [0.15, 0.2) is 18.2 Å². The number of rotatable bonds is 6. The first-order chi connectivity index (χ1) is 10.1. The summed E-state index contributed by atoms with van der Waals surface area (Å²) in [5.41, 5.74) is 3.32. The number of urea groups is 1. The summed E-state index contributed by atoms with van der Waals surface area (Å²) in [5.74, 6) is -0.316. The maximum atomic E-state index is 11.9. The molecule has 1 aromatic rings. The van der Waals surface area contributed by atoms with Gasteiger partial charge in [0.05, 0.1) is 0 Å². The van der Waals surface area contributed by atoms with Crippen LogP contribution in [0.5, 0.6) is 0 Å². The molecule has 1 aliphatic rings. The number of hydrogen-bond donors (Lipinski definition) is 3. The highest BCUT2D eigenvalue weighted by atomic mass is 32.2. The quantitative estimate of drug-likeness (QED) is 0.754. The molecule has 0 fully saturated rings. The molecule has 6 heteroatoms. The van der Waals surface area contributed by atoms with Crippen LogP contribution >= 0.6 is 11.8 Å². The lowest BCUT2D eigenvalue weighted by Crippen LogP contribution is -2.43. The van der Waals surface area contributed by atoms with Crippen molar-refractivity contribution in [1.29, 1.82) is 0 Å². The van der Waals surface area contributed by atoms with Crippen LogP contribution in [0.3, 0.4) is 0 Å². The van der Waals surface area contributed by atoms with Crippen molar-refractivity contribution in [2.24, 2.45) is 0 Å². The van der Waals surface area contributed by atoms with Gasteiger partial charge in [0, 0.05) is 5.69 Å². The number of nitrogens with one attached hydrogen (secondary N) is 2. The Balaban J connectivity index is 1.92. The standard InChI is InChI=1S/C15H20N2O3S/c1-21-8-7-13(14(18)19)17-15(20)16-12-6-5-10-3-2-4-11(10)9-12/h5-6,9,13H,2-4,7-8H2,1H3,(H,18,19)(H2,16,17,20)/t13-/m1/s1. The fourth-order valence-corrected chi connectivity index (χ4v) is 2.94. The Hall–Kier alpha value is -1.69. The topological polar surface area (TPSA) is 78.4 Å². The SMILES string of the molecule is CSCC[C@@H](NC(=O)Nc1ccc2c(c1)CCC2)C(=O)O. The summed E-state index contributed by atoms with van der Waals surface area (Å²) in [7, 11) is 0. The minimum atomic E-state index is -1.01. The summed E-state index contributed by atoms with van der Waals surface area (Å²) in [4.78, 5) is 23.0. The maximum absolute atomic E-state index is 11.9. The van der Waals surface area contributed by atoms with Crippen molar-refractivity contribution < 1.29 is 14.7 Å². The molecule has 0 spiro atoms. The Morgan fingerprint density at radius 3 is 2.81 bits per heavy atom. The zero-order valence-electron chi connectivity index (χ0n) is 12.0. The predicted molar refractivity (Wildman–Crippen MR) is 85.0 cm³/mol. The van der Waals surface area contributed by atoms with Crippen molar-refractivity contribution in [2.75, 3.05) is 17.3 Å². The van der Waals surface area contributed by atoms with E-state index in [0.717, 1.165) is 19.3 Å². The van der Waals surface area contributed by atoms with Gasteiger partial charge in [-0.3, -0.25) is 0 Å². The van der Waals surface area contributed by atoms with Crippen LogP contribution in [0.4, 0.5) is 10.5 Å². The summed E-state index contributed by atoms with van der Waals surface area (Å²) < 4.78 is 0. The molecule has 0 saturated heterocycles. The van der Waals surface area contributed by atoms with Crippen LogP contribution in [0.25, 0.3) is 0 Å². The summed E-state index contributed by atoms with van der Waals surface area (Å²) >= 11 is 1.56. The molecule has 0 radical (unpaired) electrons. The molecule has 1 atom stereocenters. The number of amides is 2. The van der Waals surface area contributed by atoms with Gasteiger partial charge in [0.15, 0.2) is 0 Å². The first kappa shape index (κ1) is 15.7. The summed E-state index contributed by atoms with van der Waals surface area (Å²) in [5, 5.41) is 14.3. The number of fused-ring (bicyclic) bond motifs is 1. The molecule has 0 aromatic heterocycles. The Bertz CT molecular complexity index is 534. The fourth-order valence-electron chi connectivity index (χ4n) is 2.47. The van der Waals surface area contributed by atoms with Gasteiger partial charge in [0.2, 0.25) is 0 Å². The Kier molecular flexibility index (Phi) is 5.50. The Morgan fingerprint density at radius 2 is 2.10 bits per heavy atom. The molecule has 0 unspecified atom stereocenters. The van der Waals surface area contributed by atoms with Gasteiger partial charge in [-0.1, -0.05) is 6.07 Å². The number of carbonyl (C=O) groups is 2. The molecule has 0 aliphatic heterocycles. The van der Waals surface area contributed by atoms with E-state index in [1.54, 1.807) is 11.8 Å². The van der Waals surface area contributed by atoms with Crippen LogP contribution < -0.4 is 10.6 Å². The lowest BCUT2D eigenvalue weighted by atomic mass is 10.1. The number of benzene rings is 1. The average Bonchev–Trinajstić information content (AvgIpc) is 2.90. The van der Waals surface area contributed by atoms with Crippen LogP contribution in [0, 0.1) is 0 Å². The summed E-state index contributed by atoms with van der Waals surface area (Å²) in [6, 6.07) is 4.54. The molecule has 2 rings (SSSR count). The lowest BCUT2D eigenvalue weighted by Gasteiger charge is -2.15. The predicted octanol–water partition coefficient (Wildman–Crippen LogP) is 2.50. The molecular weight excluding hydrogens is 288 g/mol. The van der Waals surface area contributed by atoms with Gasteiger partial charge >= 0.3 is 12.0 Å². The molecule has 21 heavy (non-hydrogen) atoms. The van der Waals surface area contributed by atoms with Crippen LogP contribution in [0.2, 0.25) is 0 Å². The van der Waals surface area contributed by atoms with E-state index in [2.05, 4.69) is 10.6 Å². The Morgan fingerprint density at radius 1 is 1.33 bits per heavy atom. The first-order valence-electron chi connectivity index (χ1n) is 7.01. The maximum Gasteiger partial charge on any atom is 0.326 e. The number of carboxylic acids is 1.